The van der Waals surface area contributed by atoms with Crippen molar-refractivity contribution in [3.63, 3.8) is 0 Å². The van der Waals surface area contributed by atoms with Crippen LogP contribution in [0.25, 0.3) is 0 Å². The fourth-order valence-corrected chi connectivity index (χ4v) is 1.95. The number of esters is 1. The second kappa shape index (κ2) is 3.00. The van der Waals surface area contributed by atoms with Gasteiger partial charge in [0.15, 0.2) is 0 Å². The van der Waals surface area contributed by atoms with E-state index in [0.29, 0.717) is 13.0 Å². The van der Waals surface area contributed by atoms with Crippen LogP contribution in [0.1, 0.15) is 6.42 Å². The summed E-state index contributed by atoms with van der Waals surface area (Å²) in [5.74, 6) is -0.560. The number of carbonyl (C=O) groups excluding carboxylic acids is 1. The van der Waals surface area contributed by atoms with Gasteiger partial charge in [-0.2, -0.15) is 12.7 Å². The lowest BCUT2D eigenvalue weighted by molar-refractivity contribution is -0.148. The molecular formula is C5H10N2O4S. The normalized spacial score (nSPS) is 24.7. The Kier molecular flexibility index (Phi) is 2.36. The molecule has 0 bridgehead atoms. The molecule has 0 aromatic carbocycles. The summed E-state index contributed by atoms with van der Waals surface area (Å²) >= 11 is 0. The summed E-state index contributed by atoms with van der Waals surface area (Å²) in [7, 11) is -2.53. The van der Waals surface area contributed by atoms with Crippen LogP contribution in [0, 0.1) is 0 Å². The van der Waals surface area contributed by atoms with Gasteiger partial charge < -0.3 is 4.74 Å². The van der Waals surface area contributed by atoms with Crippen LogP contribution in [-0.4, -0.2) is 38.4 Å². The molecule has 0 saturated carbocycles. The van der Waals surface area contributed by atoms with E-state index in [9.17, 15) is 13.2 Å². The average molecular weight is 194 g/mol. The van der Waals surface area contributed by atoms with E-state index in [2.05, 4.69) is 4.74 Å². The summed E-state index contributed by atoms with van der Waals surface area (Å²) < 4.78 is 26.8. The van der Waals surface area contributed by atoms with Gasteiger partial charge in [-0.3, -0.25) is 4.79 Å². The van der Waals surface area contributed by atoms with Crippen LogP contribution < -0.4 is 5.14 Å². The quantitative estimate of drug-likeness (QED) is 0.538. The van der Waals surface area contributed by atoms with Gasteiger partial charge in [0.05, 0.1) is 7.11 Å². The second-order valence-corrected chi connectivity index (χ2v) is 3.98. The first-order chi connectivity index (χ1) is 5.46. The lowest BCUT2D eigenvalue weighted by atomic mass is 10.1. The van der Waals surface area contributed by atoms with Crippen LogP contribution in [0.15, 0.2) is 0 Å². The first-order valence-corrected chi connectivity index (χ1v) is 4.84. The largest absolute Gasteiger partial charge is 0.468 e. The molecule has 0 amide bonds. The number of nitrogens with two attached hydrogens (primary N) is 1. The van der Waals surface area contributed by atoms with Crippen molar-refractivity contribution < 1.29 is 17.9 Å². The highest BCUT2D eigenvalue weighted by atomic mass is 32.2. The molecule has 1 saturated heterocycles. The highest BCUT2D eigenvalue weighted by Gasteiger charge is 2.41. The van der Waals surface area contributed by atoms with Crippen LogP contribution in [0.3, 0.4) is 0 Å². The minimum Gasteiger partial charge on any atom is -0.468 e. The minimum atomic E-state index is -3.74. The molecule has 12 heavy (non-hydrogen) atoms. The van der Waals surface area contributed by atoms with E-state index in [1.54, 1.807) is 0 Å². The molecule has 1 fully saturated rings. The first kappa shape index (κ1) is 9.43. The van der Waals surface area contributed by atoms with Gasteiger partial charge in [-0.25, -0.2) is 5.14 Å². The molecule has 1 aliphatic rings. The SMILES string of the molecule is COC(=O)C1CCN1S(N)(=O)=O. The van der Waals surface area contributed by atoms with Crippen molar-refractivity contribution in [2.24, 2.45) is 5.14 Å². The molecule has 0 aromatic heterocycles. The molecule has 0 radical (unpaired) electrons. The van der Waals surface area contributed by atoms with Crippen LogP contribution in [-0.2, 0) is 19.7 Å². The maximum atomic E-state index is 10.9. The molecule has 1 aliphatic heterocycles. The number of rotatable bonds is 2. The molecule has 1 atom stereocenters. The Hall–Kier alpha value is -0.660. The number of hydrogen-bond acceptors (Lipinski definition) is 4. The number of methoxy groups -OCH3 is 1. The van der Waals surface area contributed by atoms with Gasteiger partial charge in [-0.15, -0.1) is 0 Å². The van der Waals surface area contributed by atoms with Crippen molar-refractivity contribution in [2.75, 3.05) is 13.7 Å². The van der Waals surface area contributed by atoms with E-state index < -0.39 is 22.2 Å². The second-order valence-electron chi connectivity index (χ2n) is 2.48. The summed E-state index contributed by atoms with van der Waals surface area (Å²) in [6.07, 6.45) is 0.475. The molecule has 0 aromatic rings. The zero-order chi connectivity index (χ0) is 9.35. The molecule has 2 N–H and O–H groups in total. The Balaban J connectivity index is 2.68. The topological polar surface area (TPSA) is 89.7 Å². The van der Waals surface area contributed by atoms with Crippen molar-refractivity contribution in [3.8, 4) is 0 Å². The molecule has 7 heteroatoms. The maximum Gasteiger partial charge on any atom is 0.324 e. The average Bonchev–Trinajstić information content (AvgIpc) is 1.80. The van der Waals surface area contributed by atoms with Gasteiger partial charge in [0.1, 0.15) is 6.04 Å². The van der Waals surface area contributed by atoms with Crippen molar-refractivity contribution in [3.05, 3.63) is 0 Å². The van der Waals surface area contributed by atoms with Gasteiger partial charge in [0.2, 0.25) is 0 Å². The van der Waals surface area contributed by atoms with Crippen molar-refractivity contribution in [2.45, 2.75) is 12.5 Å². The lowest BCUT2D eigenvalue weighted by Crippen LogP contribution is -2.57. The fourth-order valence-electron chi connectivity index (χ4n) is 1.04. The van der Waals surface area contributed by atoms with Gasteiger partial charge in [0, 0.05) is 6.54 Å². The molecule has 0 spiro atoms. The van der Waals surface area contributed by atoms with Crippen LogP contribution in [0.2, 0.25) is 0 Å². The number of nitrogens with zero attached hydrogens (tertiary/aromatic N) is 1. The first-order valence-electron chi connectivity index (χ1n) is 3.34. The Morgan fingerprint density at radius 3 is 2.50 bits per heavy atom. The third kappa shape index (κ3) is 1.57. The zero-order valence-corrected chi connectivity index (χ0v) is 7.37. The Labute approximate surface area is 70.5 Å². The molecule has 1 rings (SSSR count). The fraction of sp³-hybridized carbons (Fsp3) is 0.800. The molecular weight excluding hydrogens is 184 g/mol. The standard InChI is InChI=1S/C5H10N2O4S/c1-11-5(8)4-2-3-7(4)12(6,9)10/h4H,2-3H2,1H3,(H2,6,9,10). The zero-order valence-electron chi connectivity index (χ0n) is 6.56. The number of ether oxygens (including phenoxy) is 1. The number of hydrogen-bond donors (Lipinski definition) is 1. The Morgan fingerprint density at radius 1 is 1.67 bits per heavy atom. The van der Waals surface area contributed by atoms with Crippen molar-refractivity contribution >= 4 is 16.2 Å². The van der Waals surface area contributed by atoms with Gasteiger partial charge >= 0.3 is 5.97 Å². The minimum absolute atomic E-state index is 0.290. The van der Waals surface area contributed by atoms with Crippen LogP contribution >= 0.6 is 0 Å². The maximum absolute atomic E-state index is 10.9. The predicted molar refractivity (Wildman–Crippen MR) is 40.2 cm³/mol. The monoisotopic (exact) mass is 194 g/mol. The summed E-state index contributed by atoms with van der Waals surface area (Å²) in [4.78, 5) is 10.9. The van der Waals surface area contributed by atoms with Gasteiger partial charge in [0.25, 0.3) is 10.2 Å². The van der Waals surface area contributed by atoms with Crippen molar-refractivity contribution in [1.82, 2.24) is 4.31 Å². The van der Waals surface area contributed by atoms with E-state index >= 15 is 0 Å². The van der Waals surface area contributed by atoms with E-state index in [4.69, 9.17) is 5.14 Å². The lowest BCUT2D eigenvalue weighted by Gasteiger charge is -2.35. The van der Waals surface area contributed by atoms with Gasteiger partial charge in [-0.1, -0.05) is 0 Å². The highest BCUT2D eigenvalue weighted by molar-refractivity contribution is 7.86. The summed E-state index contributed by atoms with van der Waals surface area (Å²) in [5.41, 5.74) is 0. The smallest absolute Gasteiger partial charge is 0.324 e. The van der Waals surface area contributed by atoms with Crippen molar-refractivity contribution in [1.29, 1.82) is 0 Å². The number of carbonyl (C=O) groups is 1. The molecule has 1 unspecified atom stereocenters. The third-order valence-corrected chi connectivity index (χ3v) is 2.86. The Morgan fingerprint density at radius 2 is 2.25 bits per heavy atom. The van der Waals surface area contributed by atoms with Crippen LogP contribution in [0.5, 0.6) is 0 Å². The molecule has 70 valence electrons. The van der Waals surface area contributed by atoms with Crippen LogP contribution in [0.4, 0.5) is 0 Å². The van der Waals surface area contributed by atoms with E-state index in [-0.39, 0.29) is 0 Å². The summed E-state index contributed by atoms with van der Waals surface area (Å²) in [5, 5.41) is 4.81. The molecule has 1 heterocycles. The Bertz CT molecular complexity index is 286. The third-order valence-electron chi connectivity index (χ3n) is 1.77. The molecule has 6 nitrogen and oxygen atoms in total. The highest BCUT2D eigenvalue weighted by Crippen LogP contribution is 2.20. The van der Waals surface area contributed by atoms with Gasteiger partial charge in [-0.05, 0) is 6.42 Å². The summed E-state index contributed by atoms with van der Waals surface area (Å²) in [6.45, 7) is 0.290. The predicted octanol–water partition coefficient (Wildman–Crippen LogP) is -1.56. The van der Waals surface area contributed by atoms with E-state index in [1.807, 2.05) is 0 Å². The van der Waals surface area contributed by atoms with E-state index in [1.165, 1.54) is 7.11 Å². The van der Waals surface area contributed by atoms with E-state index in [0.717, 1.165) is 4.31 Å². The summed E-state index contributed by atoms with van der Waals surface area (Å²) in [6, 6.07) is -0.718. The molecule has 0 aliphatic carbocycles.